The van der Waals surface area contributed by atoms with Gasteiger partial charge in [0, 0.05) is 23.5 Å². The monoisotopic (exact) mass is 376 g/mol. The fraction of sp³-hybridized carbons (Fsp3) is 0.136. The molecule has 1 aromatic heterocycles. The van der Waals surface area contributed by atoms with Crippen molar-refractivity contribution in [2.75, 3.05) is 4.90 Å². The Hall–Kier alpha value is -3.38. The molecule has 5 nitrogen and oxygen atoms in total. The fourth-order valence-corrected chi connectivity index (χ4v) is 3.47. The Labute approximate surface area is 161 Å². The minimum Gasteiger partial charge on any atom is -0.375 e. The number of nitrogens with zero attached hydrogens (tertiary/aromatic N) is 2. The largest absolute Gasteiger partial charge is 0.375 e. The molecule has 0 spiro atoms. The van der Waals surface area contributed by atoms with E-state index in [4.69, 9.17) is 0 Å². The third kappa shape index (κ3) is 3.08. The number of ketones is 1. The first kappa shape index (κ1) is 18.0. The number of carbonyl (C=O) groups is 2. The Morgan fingerprint density at radius 1 is 1.07 bits per heavy atom. The molecule has 0 aliphatic carbocycles. The molecule has 4 rings (SSSR count). The number of halogens is 1. The highest BCUT2D eigenvalue weighted by Gasteiger charge is 2.50. The van der Waals surface area contributed by atoms with Crippen molar-refractivity contribution in [3.05, 3.63) is 95.6 Å². The SMILES string of the molecule is O=C(CC1(O)C(=O)N(Cc2ccc(F)cc2)c2ccccc21)c1cccnc1. The van der Waals surface area contributed by atoms with Crippen LogP contribution in [0.3, 0.4) is 0 Å². The van der Waals surface area contributed by atoms with Gasteiger partial charge in [-0.15, -0.1) is 0 Å². The predicted molar refractivity (Wildman–Crippen MR) is 101 cm³/mol. The lowest BCUT2D eigenvalue weighted by atomic mass is 9.88. The molecule has 2 aromatic carbocycles. The van der Waals surface area contributed by atoms with E-state index in [9.17, 15) is 19.1 Å². The number of hydrogen-bond donors (Lipinski definition) is 1. The van der Waals surface area contributed by atoms with Crippen LogP contribution >= 0.6 is 0 Å². The molecule has 1 atom stereocenters. The molecule has 1 amide bonds. The summed E-state index contributed by atoms with van der Waals surface area (Å²) in [5.41, 5.74) is 0.0204. The van der Waals surface area contributed by atoms with Crippen molar-refractivity contribution in [2.45, 2.75) is 18.6 Å². The Bertz CT molecular complexity index is 1040. The van der Waals surface area contributed by atoms with Gasteiger partial charge in [0.1, 0.15) is 5.82 Å². The molecule has 1 unspecified atom stereocenters. The van der Waals surface area contributed by atoms with E-state index < -0.39 is 11.5 Å². The summed E-state index contributed by atoms with van der Waals surface area (Å²) >= 11 is 0. The van der Waals surface area contributed by atoms with E-state index in [1.54, 1.807) is 54.7 Å². The average molecular weight is 376 g/mol. The second kappa shape index (κ2) is 6.98. The number of aliphatic hydroxyl groups is 1. The molecule has 2 heterocycles. The van der Waals surface area contributed by atoms with Gasteiger partial charge in [-0.2, -0.15) is 0 Å². The summed E-state index contributed by atoms with van der Waals surface area (Å²) < 4.78 is 13.2. The van der Waals surface area contributed by atoms with E-state index in [2.05, 4.69) is 4.98 Å². The smallest absolute Gasteiger partial charge is 0.264 e. The zero-order valence-electron chi connectivity index (χ0n) is 14.9. The van der Waals surface area contributed by atoms with Crippen LogP contribution in [-0.2, 0) is 16.9 Å². The van der Waals surface area contributed by atoms with Crippen molar-refractivity contribution in [2.24, 2.45) is 0 Å². The zero-order chi connectivity index (χ0) is 19.7. The molecule has 28 heavy (non-hydrogen) atoms. The van der Waals surface area contributed by atoms with Crippen LogP contribution in [0.4, 0.5) is 10.1 Å². The molecule has 0 saturated carbocycles. The summed E-state index contributed by atoms with van der Waals surface area (Å²) in [6.07, 6.45) is 2.58. The molecule has 0 saturated heterocycles. The van der Waals surface area contributed by atoms with Gasteiger partial charge in [0.25, 0.3) is 5.91 Å². The summed E-state index contributed by atoms with van der Waals surface area (Å²) in [4.78, 5) is 31.2. The molecule has 0 bridgehead atoms. The number of anilines is 1. The summed E-state index contributed by atoms with van der Waals surface area (Å²) in [6, 6.07) is 15.9. The number of aromatic nitrogens is 1. The fourth-order valence-electron chi connectivity index (χ4n) is 3.47. The Balaban J connectivity index is 1.68. The molecule has 140 valence electrons. The zero-order valence-corrected chi connectivity index (χ0v) is 14.9. The number of rotatable bonds is 5. The van der Waals surface area contributed by atoms with E-state index in [-0.39, 0.29) is 24.6 Å². The maximum Gasteiger partial charge on any atom is 0.264 e. The highest BCUT2D eigenvalue weighted by atomic mass is 19.1. The van der Waals surface area contributed by atoms with Gasteiger partial charge in [-0.05, 0) is 35.9 Å². The molecule has 6 heteroatoms. The lowest BCUT2D eigenvalue weighted by Gasteiger charge is -2.23. The van der Waals surface area contributed by atoms with E-state index >= 15 is 0 Å². The third-order valence-corrected chi connectivity index (χ3v) is 4.89. The van der Waals surface area contributed by atoms with Crippen LogP contribution in [0.1, 0.15) is 27.9 Å². The Morgan fingerprint density at radius 2 is 1.82 bits per heavy atom. The molecule has 0 fully saturated rings. The van der Waals surface area contributed by atoms with E-state index in [1.807, 2.05) is 0 Å². The molecule has 1 N–H and O–H groups in total. The second-order valence-electron chi connectivity index (χ2n) is 6.74. The normalized spacial score (nSPS) is 18.2. The lowest BCUT2D eigenvalue weighted by Crippen LogP contribution is -2.41. The van der Waals surface area contributed by atoms with Gasteiger partial charge >= 0.3 is 0 Å². The minimum atomic E-state index is -1.95. The predicted octanol–water partition coefficient (Wildman–Crippen LogP) is 3.23. The van der Waals surface area contributed by atoms with Gasteiger partial charge in [-0.25, -0.2) is 4.39 Å². The van der Waals surface area contributed by atoms with Gasteiger partial charge in [0.15, 0.2) is 11.4 Å². The summed E-state index contributed by atoms with van der Waals surface area (Å²) in [7, 11) is 0. The maximum atomic E-state index is 13.2. The molecule has 3 aromatic rings. The van der Waals surface area contributed by atoms with Crippen LogP contribution in [-0.4, -0.2) is 21.8 Å². The quantitative estimate of drug-likeness (QED) is 0.694. The lowest BCUT2D eigenvalue weighted by molar-refractivity contribution is -0.136. The number of benzene rings is 2. The molecule has 1 aliphatic rings. The van der Waals surface area contributed by atoms with E-state index in [0.717, 1.165) is 0 Å². The number of Topliss-reactive ketones (excluding diaryl/α,β-unsaturated/α-hetero) is 1. The second-order valence-corrected chi connectivity index (χ2v) is 6.74. The Morgan fingerprint density at radius 3 is 2.54 bits per heavy atom. The van der Waals surface area contributed by atoms with Crippen molar-refractivity contribution in [1.82, 2.24) is 4.98 Å². The van der Waals surface area contributed by atoms with Crippen LogP contribution in [0.2, 0.25) is 0 Å². The minimum absolute atomic E-state index is 0.166. The number of para-hydroxylation sites is 1. The van der Waals surface area contributed by atoms with E-state index in [0.29, 0.717) is 22.4 Å². The first-order chi connectivity index (χ1) is 13.5. The average Bonchev–Trinajstić information content (AvgIpc) is 2.92. The van der Waals surface area contributed by atoms with Crippen molar-refractivity contribution in [3.8, 4) is 0 Å². The molecule has 0 radical (unpaired) electrons. The molecular formula is C22H17FN2O3. The summed E-state index contributed by atoms with van der Waals surface area (Å²) in [6.45, 7) is 0.166. The van der Waals surface area contributed by atoms with Crippen LogP contribution in [0.5, 0.6) is 0 Å². The van der Waals surface area contributed by atoms with Gasteiger partial charge in [0.05, 0.1) is 18.7 Å². The van der Waals surface area contributed by atoms with Crippen LogP contribution in [0.25, 0.3) is 0 Å². The third-order valence-electron chi connectivity index (χ3n) is 4.89. The topological polar surface area (TPSA) is 70.5 Å². The summed E-state index contributed by atoms with van der Waals surface area (Å²) in [5, 5.41) is 11.2. The highest BCUT2D eigenvalue weighted by Crippen LogP contribution is 2.43. The van der Waals surface area contributed by atoms with Crippen molar-refractivity contribution in [3.63, 3.8) is 0 Å². The van der Waals surface area contributed by atoms with Crippen molar-refractivity contribution < 1.29 is 19.1 Å². The molecule has 1 aliphatic heterocycles. The molecular weight excluding hydrogens is 359 g/mol. The summed E-state index contributed by atoms with van der Waals surface area (Å²) in [5.74, 6) is -1.31. The van der Waals surface area contributed by atoms with Gasteiger partial charge in [-0.1, -0.05) is 30.3 Å². The highest BCUT2D eigenvalue weighted by molar-refractivity contribution is 6.10. The maximum absolute atomic E-state index is 13.2. The standard InChI is InChI=1S/C22H17FN2O3/c23-17-9-7-15(8-10-17)14-25-19-6-2-1-5-18(19)22(28,21(25)27)12-20(26)16-4-3-11-24-13-16/h1-11,13,28H,12,14H2. The van der Waals surface area contributed by atoms with Crippen LogP contribution in [0.15, 0.2) is 73.1 Å². The van der Waals surface area contributed by atoms with Crippen LogP contribution in [0, 0.1) is 5.82 Å². The van der Waals surface area contributed by atoms with Gasteiger partial charge in [-0.3, -0.25) is 14.6 Å². The number of amides is 1. The first-order valence-corrected chi connectivity index (χ1v) is 8.80. The van der Waals surface area contributed by atoms with Crippen molar-refractivity contribution in [1.29, 1.82) is 0 Å². The first-order valence-electron chi connectivity index (χ1n) is 8.80. The number of carbonyl (C=O) groups excluding carboxylic acids is 2. The Kier molecular flexibility index (Phi) is 4.49. The number of pyridine rings is 1. The van der Waals surface area contributed by atoms with Gasteiger partial charge < -0.3 is 10.0 Å². The van der Waals surface area contributed by atoms with Gasteiger partial charge in [0.2, 0.25) is 0 Å². The number of hydrogen-bond acceptors (Lipinski definition) is 4. The van der Waals surface area contributed by atoms with Crippen LogP contribution < -0.4 is 4.90 Å². The number of fused-ring (bicyclic) bond motifs is 1. The van der Waals surface area contributed by atoms with Crippen molar-refractivity contribution >= 4 is 17.4 Å². The van der Waals surface area contributed by atoms with E-state index in [1.165, 1.54) is 23.2 Å².